The molecule has 4 heteroatoms. The lowest BCUT2D eigenvalue weighted by molar-refractivity contribution is 0.0944. The number of phenolic OH excluding ortho intramolecular Hbond substituents is 1. The second-order valence-corrected chi connectivity index (χ2v) is 5.37. The summed E-state index contributed by atoms with van der Waals surface area (Å²) in [6.07, 6.45) is 2.59. The Morgan fingerprint density at radius 1 is 1.42 bits per heavy atom. The van der Waals surface area contributed by atoms with Crippen LogP contribution in [0.2, 0.25) is 0 Å². The number of nitrogens with one attached hydrogen (secondary N) is 1. The molecule has 104 valence electrons. The summed E-state index contributed by atoms with van der Waals surface area (Å²) in [5.74, 6) is 0.446. The van der Waals surface area contributed by atoms with Crippen LogP contribution >= 0.6 is 0 Å². The average Bonchev–Trinajstić information content (AvgIpc) is 2.88. The minimum atomic E-state index is -0.121. The third-order valence-electron chi connectivity index (χ3n) is 3.49. The fraction of sp³-hybridized carbons (Fsp3) is 0.533. The maximum Gasteiger partial charge on any atom is 0.251 e. The van der Waals surface area contributed by atoms with Crippen LogP contribution in [0.25, 0.3) is 0 Å². The number of likely N-dealkylation sites (tertiary alicyclic amines) is 1. The van der Waals surface area contributed by atoms with E-state index in [0.717, 1.165) is 6.54 Å². The highest BCUT2D eigenvalue weighted by Gasteiger charge is 2.15. The molecule has 1 amide bonds. The van der Waals surface area contributed by atoms with Crippen molar-refractivity contribution in [2.75, 3.05) is 26.2 Å². The highest BCUT2D eigenvalue weighted by Crippen LogP contribution is 2.12. The van der Waals surface area contributed by atoms with Gasteiger partial charge in [-0.2, -0.15) is 0 Å². The van der Waals surface area contributed by atoms with Gasteiger partial charge in [-0.15, -0.1) is 0 Å². The number of nitrogens with zero attached hydrogens (tertiary/aromatic N) is 1. The van der Waals surface area contributed by atoms with Crippen molar-refractivity contribution >= 4 is 5.91 Å². The number of carbonyl (C=O) groups excluding carboxylic acids is 1. The molecular weight excluding hydrogens is 240 g/mol. The first-order valence-corrected chi connectivity index (χ1v) is 6.95. The molecule has 2 rings (SSSR count). The molecule has 1 atom stereocenters. The summed E-state index contributed by atoms with van der Waals surface area (Å²) in [6.45, 7) is 6.24. The fourth-order valence-electron chi connectivity index (χ4n) is 2.49. The number of hydrogen-bond donors (Lipinski definition) is 2. The third kappa shape index (κ3) is 4.24. The summed E-state index contributed by atoms with van der Waals surface area (Å²) < 4.78 is 0. The van der Waals surface area contributed by atoms with Crippen LogP contribution in [-0.4, -0.2) is 42.1 Å². The van der Waals surface area contributed by atoms with Gasteiger partial charge in [-0.25, -0.2) is 0 Å². The molecule has 1 aromatic carbocycles. The van der Waals surface area contributed by atoms with Gasteiger partial charge < -0.3 is 15.3 Å². The zero-order chi connectivity index (χ0) is 13.7. The Morgan fingerprint density at radius 3 is 2.84 bits per heavy atom. The van der Waals surface area contributed by atoms with Crippen LogP contribution in [0.3, 0.4) is 0 Å². The van der Waals surface area contributed by atoms with Gasteiger partial charge in [0.2, 0.25) is 0 Å². The molecule has 0 radical (unpaired) electrons. The van der Waals surface area contributed by atoms with Crippen molar-refractivity contribution in [1.82, 2.24) is 10.2 Å². The van der Waals surface area contributed by atoms with E-state index in [-0.39, 0.29) is 11.7 Å². The van der Waals surface area contributed by atoms with Gasteiger partial charge >= 0.3 is 0 Å². The molecule has 19 heavy (non-hydrogen) atoms. The number of carbonyl (C=O) groups is 1. The van der Waals surface area contributed by atoms with Gasteiger partial charge in [0.1, 0.15) is 5.75 Å². The number of hydrogen-bond acceptors (Lipinski definition) is 3. The predicted octanol–water partition coefficient (Wildman–Crippen LogP) is 1.85. The number of amides is 1. The highest BCUT2D eigenvalue weighted by molar-refractivity contribution is 5.94. The molecule has 0 aromatic heterocycles. The normalized spacial score (nSPS) is 17.3. The van der Waals surface area contributed by atoms with Crippen molar-refractivity contribution in [3.63, 3.8) is 0 Å². The Kier molecular flexibility index (Phi) is 4.80. The van der Waals surface area contributed by atoms with Crippen LogP contribution in [0.5, 0.6) is 5.75 Å². The molecule has 2 N–H and O–H groups in total. The van der Waals surface area contributed by atoms with E-state index in [1.807, 2.05) is 0 Å². The highest BCUT2D eigenvalue weighted by atomic mass is 16.3. The van der Waals surface area contributed by atoms with Crippen LogP contribution in [0.1, 0.15) is 30.1 Å². The summed E-state index contributed by atoms with van der Waals surface area (Å²) in [5, 5.41) is 12.3. The monoisotopic (exact) mass is 262 g/mol. The van der Waals surface area contributed by atoms with Gasteiger partial charge in [0.25, 0.3) is 5.91 Å². The molecule has 1 aliphatic heterocycles. The average molecular weight is 262 g/mol. The SMILES string of the molecule is CC(CNC(=O)c1cccc(O)c1)CN1CCCC1. The second kappa shape index (κ2) is 6.57. The first-order chi connectivity index (χ1) is 9.15. The lowest BCUT2D eigenvalue weighted by Gasteiger charge is -2.20. The Bertz CT molecular complexity index is 428. The summed E-state index contributed by atoms with van der Waals surface area (Å²) in [4.78, 5) is 14.4. The second-order valence-electron chi connectivity index (χ2n) is 5.37. The summed E-state index contributed by atoms with van der Waals surface area (Å²) in [7, 11) is 0. The molecule has 1 aliphatic rings. The summed E-state index contributed by atoms with van der Waals surface area (Å²) in [5.41, 5.74) is 0.508. The fourth-order valence-corrected chi connectivity index (χ4v) is 2.49. The number of rotatable bonds is 5. The molecule has 1 saturated heterocycles. The molecule has 1 fully saturated rings. The first kappa shape index (κ1) is 13.9. The van der Waals surface area contributed by atoms with Gasteiger partial charge in [-0.1, -0.05) is 13.0 Å². The predicted molar refractivity (Wildman–Crippen MR) is 75.3 cm³/mol. The third-order valence-corrected chi connectivity index (χ3v) is 3.49. The molecule has 4 nitrogen and oxygen atoms in total. The van der Waals surface area contributed by atoms with Crippen molar-refractivity contribution < 1.29 is 9.90 Å². The van der Waals surface area contributed by atoms with E-state index in [0.29, 0.717) is 18.0 Å². The minimum Gasteiger partial charge on any atom is -0.508 e. The zero-order valence-corrected chi connectivity index (χ0v) is 11.4. The van der Waals surface area contributed by atoms with Crippen LogP contribution in [0.15, 0.2) is 24.3 Å². The van der Waals surface area contributed by atoms with Crippen molar-refractivity contribution in [3.8, 4) is 5.75 Å². The molecule has 1 aromatic rings. The smallest absolute Gasteiger partial charge is 0.251 e. The lowest BCUT2D eigenvalue weighted by atomic mass is 10.1. The molecule has 1 heterocycles. The zero-order valence-electron chi connectivity index (χ0n) is 11.4. The molecule has 0 bridgehead atoms. The van der Waals surface area contributed by atoms with E-state index < -0.39 is 0 Å². The Balaban J connectivity index is 1.76. The van der Waals surface area contributed by atoms with Crippen LogP contribution < -0.4 is 5.32 Å². The molecule has 0 spiro atoms. The molecule has 1 unspecified atom stereocenters. The van der Waals surface area contributed by atoms with Gasteiger partial charge in [-0.05, 0) is 50.0 Å². The Morgan fingerprint density at radius 2 is 2.16 bits per heavy atom. The molecule has 0 saturated carbocycles. The standard InChI is InChI=1S/C15H22N2O2/c1-12(11-17-7-2-3-8-17)10-16-15(19)13-5-4-6-14(18)9-13/h4-6,9,12,18H,2-3,7-8,10-11H2,1H3,(H,16,19). The maximum atomic E-state index is 11.9. The number of benzene rings is 1. The van der Waals surface area contributed by atoms with Crippen molar-refractivity contribution in [2.45, 2.75) is 19.8 Å². The van der Waals surface area contributed by atoms with E-state index in [9.17, 15) is 9.90 Å². The summed E-state index contributed by atoms with van der Waals surface area (Å²) in [6, 6.07) is 6.44. The molecular formula is C15H22N2O2. The number of phenols is 1. The van der Waals surface area contributed by atoms with Gasteiger partial charge in [0.15, 0.2) is 0 Å². The Labute approximate surface area is 114 Å². The van der Waals surface area contributed by atoms with E-state index >= 15 is 0 Å². The number of aromatic hydroxyl groups is 1. The molecule has 0 aliphatic carbocycles. The van der Waals surface area contributed by atoms with Crippen molar-refractivity contribution in [2.24, 2.45) is 5.92 Å². The maximum absolute atomic E-state index is 11.9. The first-order valence-electron chi connectivity index (χ1n) is 6.95. The quantitative estimate of drug-likeness (QED) is 0.851. The van der Waals surface area contributed by atoms with E-state index in [1.54, 1.807) is 18.2 Å². The van der Waals surface area contributed by atoms with E-state index in [1.165, 1.54) is 32.0 Å². The van der Waals surface area contributed by atoms with E-state index in [2.05, 4.69) is 17.1 Å². The largest absolute Gasteiger partial charge is 0.508 e. The van der Waals surface area contributed by atoms with Gasteiger partial charge in [-0.3, -0.25) is 4.79 Å². The lowest BCUT2D eigenvalue weighted by Crippen LogP contribution is -2.34. The van der Waals surface area contributed by atoms with Crippen molar-refractivity contribution in [3.05, 3.63) is 29.8 Å². The van der Waals surface area contributed by atoms with E-state index in [4.69, 9.17) is 0 Å². The van der Waals surface area contributed by atoms with Crippen LogP contribution in [0, 0.1) is 5.92 Å². The minimum absolute atomic E-state index is 0.121. The van der Waals surface area contributed by atoms with Crippen molar-refractivity contribution in [1.29, 1.82) is 0 Å². The van der Waals surface area contributed by atoms with Crippen LogP contribution in [0.4, 0.5) is 0 Å². The van der Waals surface area contributed by atoms with Gasteiger partial charge in [0.05, 0.1) is 0 Å². The van der Waals surface area contributed by atoms with Gasteiger partial charge in [0, 0.05) is 18.7 Å². The summed E-state index contributed by atoms with van der Waals surface area (Å²) >= 11 is 0. The van der Waals surface area contributed by atoms with Crippen LogP contribution in [-0.2, 0) is 0 Å². The Hall–Kier alpha value is -1.55. The topological polar surface area (TPSA) is 52.6 Å².